The normalized spacial score (nSPS) is 14.2. The summed E-state index contributed by atoms with van der Waals surface area (Å²) >= 11 is 0. The monoisotopic (exact) mass is 238 g/mol. The van der Waals surface area contributed by atoms with Crippen molar-refractivity contribution in [2.75, 3.05) is 20.8 Å². The molecule has 0 aliphatic heterocycles. The predicted octanol–water partition coefficient (Wildman–Crippen LogP) is 2.02. The average Bonchev–Trinajstić information content (AvgIpc) is 2.38. The van der Waals surface area contributed by atoms with E-state index in [1.165, 1.54) is 0 Å². The molecule has 1 atom stereocenters. The van der Waals surface area contributed by atoms with Gasteiger partial charge in [0.2, 0.25) is 0 Å². The van der Waals surface area contributed by atoms with E-state index in [4.69, 9.17) is 15.2 Å². The minimum absolute atomic E-state index is 0.0483. The Balaban J connectivity index is 3.05. The van der Waals surface area contributed by atoms with Gasteiger partial charge in [-0.25, -0.2) is 0 Å². The molecular weight excluding hydrogens is 216 g/mol. The van der Waals surface area contributed by atoms with Crippen molar-refractivity contribution >= 4 is 0 Å². The zero-order valence-electron chi connectivity index (χ0n) is 11.1. The van der Waals surface area contributed by atoms with Crippen molar-refractivity contribution in [3.63, 3.8) is 0 Å². The molecule has 0 spiro atoms. The minimum atomic E-state index is 0.0483. The highest BCUT2D eigenvalue weighted by molar-refractivity contribution is 5.43. The van der Waals surface area contributed by atoms with Crippen molar-refractivity contribution in [3.8, 4) is 11.5 Å². The van der Waals surface area contributed by atoms with E-state index in [2.05, 4.69) is 18.8 Å². The number of aromatic nitrogens is 1. The van der Waals surface area contributed by atoms with Gasteiger partial charge < -0.3 is 15.2 Å². The Morgan fingerprint density at radius 3 is 2.53 bits per heavy atom. The number of nitrogens with zero attached hydrogens (tertiary/aromatic N) is 1. The van der Waals surface area contributed by atoms with E-state index in [1.807, 2.05) is 0 Å². The van der Waals surface area contributed by atoms with Gasteiger partial charge in [0.25, 0.3) is 0 Å². The van der Waals surface area contributed by atoms with Crippen LogP contribution in [0.3, 0.4) is 0 Å². The molecule has 1 aromatic heterocycles. The summed E-state index contributed by atoms with van der Waals surface area (Å²) in [5.41, 5.74) is 6.78. The van der Waals surface area contributed by atoms with Crippen LogP contribution in [0.4, 0.5) is 0 Å². The Morgan fingerprint density at radius 1 is 1.35 bits per heavy atom. The fourth-order valence-corrected chi connectivity index (χ4v) is 1.72. The molecule has 0 aliphatic carbocycles. The SMILES string of the molecule is CCC(C)(CN)Cc1nccc(OC)c1OC. The van der Waals surface area contributed by atoms with Crippen molar-refractivity contribution in [3.05, 3.63) is 18.0 Å². The van der Waals surface area contributed by atoms with Crippen LogP contribution in [-0.2, 0) is 6.42 Å². The molecule has 96 valence electrons. The van der Waals surface area contributed by atoms with E-state index in [-0.39, 0.29) is 5.41 Å². The molecule has 0 aliphatic rings. The van der Waals surface area contributed by atoms with Crippen LogP contribution in [0, 0.1) is 5.41 Å². The third-order valence-electron chi connectivity index (χ3n) is 3.31. The predicted molar refractivity (Wildman–Crippen MR) is 68.5 cm³/mol. The summed E-state index contributed by atoms with van der Waals surface area (Å²) in [6, 6.07) is 1.80. The first-order chi connectivity index (χ1) is 8.10. The maximum absolute atomic E-state index is 5.83. The molecular formula is C13H22N2O2. The molecule has 1 unspecified atom stereocenters. The van der Waals surface area contributed by atoms with Crippen molar-refractivity contribution in [2.24, 2.45) is 11.1 Å². The van der Waals surface area contributed by atoms with Crippen LogP contribution in [-0.4, -0.2) is 25.7 Å². The first-order valence-corrected chi connectivity index (χ1v) is 5.86. The smallest absolute Gasteiger partial charge is 0.182 e. The lowest BCUT2D eigenvalue weighted by Gasteiger charge is -2.26. The van der Waals surface area contributed by atoms with Crippen LogP contribution in [0.2, 0.25) is 0 Å². The number of hydrogen-bond acceptors (Lipinski definition) is 4. The zero-order chi connectivity index (χ0) is 12.9. The van der Waals surface area contributed by atoms with E-state index in [0.717, 1.165) is 18.5 Å². The van der Waals surface area contributed by atoms with Gasteiger partial charge in [0, 0.05) is 18.7 Å². The second-order valence-electron chi connectivity index (χ2n) is 4.54. The maximum Gasteiger partial charge on any atom is 0.182 e. The standard InChI is InChI=1S/C13H22N2O2/c1-5-13(2,9-14)8-10-12(17-4)11(16-3)6-7-15-10/h6-7H,5,8-9,14H2,1-4H3. The Kier molecular flexibility index (Phi) is 4.75. The Labute approximate surface area is 103 Å². The Morgan fingerprint density at radius 2 is 2.06 bits per heavy atom. The van der Waals surface area contributed by atoms with Crippen LogP contribution in [0.25, 0.3) is 0 Å². The van der Waals surface area contributed by atoms with E-state index in [9.17, 15) is 0 Å². The van der Waals surface area contributed by atoms with Crippen LogP contribution in [0.5, 0.6) is 11.5 Å². The lowest BCUT2D eigenvalue weighted by Crippen LogP contribution is -2.29. The molecule has 1 heterocycles. The lowest BCUT2D eigenvalue weighted by molar-refractivity contribution is 0.302. The molecule has 0 aromatic carbocycles. The summed E-state index contributed by atoms with van der Waals surface area (Å²) < 4.78 is 10.6. The third-order valence-corrected chi connectivity index (χ3v) is 3.31. The zero-order valence-corrected chi connectivity index (χ0v) is 11.1. The molecule has 0 saturated carbocycles. The van der Waals surface area contributed by atoms with Gasteiger partial charge in [-0.3, -0.25) is 4.98 Å². The molecule has 0 radical (unpaired) electrons. The summed E-state index contributed by atoms with van der Waals surface area (Å²) in [6.45, 7) is 4.93. The number of ether oxygens (including phenoxy) is 2. The topological polar surface area (TPSA) is 57.4 Å². The van der Waals surface area contributed by atoms with E-state index >= 15 is 0 Å². The first kappa shape index (κ1) is 13.8. The highest BCUT2D eigenvalue weighted by Crippen LogP contribution is 2.34. The van der Waals surface area contributed by atoms with Crippen LogP contribution >= 0.6 is 0 Å². The number of pyridine rings is 1. The molecule has 0 bridgehead atoms. The molecule has 0 fully saturated rings. The molecule has 17 heavy (non-hydrogen) atoms. The van der Waals surface area contributed by atoms with E-state index in [0.29, 0.717) is 18.0 Å². The van der Waals surface area contributed by atoms with Crippen LogP contribution in [0.1, 0.15) is 26.0 Å². The quantitative estimate of drug-likeness (QED) is 0.823. The summed E-state index contributed by atoms with van der Waals surface area (Å²) in [7, 11) is 3.26. The first-order valence-electron chi connectivity index (χ1n) is 5.86. The number of nitrogens with two attached hydrogens (primary N) is 1. The summed E-state index contributed by atoms with van der Waals surface area (Å²) in [5.74, 6) is 1.43. The molecule has 4 nitrogen and oxygen atoms in total. The van der Waals surface area contributed by atoms with Crippen LogP contribution in [0.15, 0.2) is 12.3 Å². The molecule has 0 saturated heterocycles. The van der Waals surface area contributed by atoms with Gasteiger partial charge in [-0.05, 0) is 18.4 Å². The Bertz CT molecular complexity index is 362. The molecule has 0 amide bonds. The summed E-state index contributed by atoms with van der Waals surface area (Å²) in [4.78, 5) is 4.38. The number of hydrogen-bond donors (Lipinski definition) is 1. The highest BCUT2D eigenvalue weighted by atomic mass is 16.5. The Hall–Kier alpha value is -1.29. The van der Waals surface area contributed by atoms with Gasteiger partial charge in [0.1, 0.15) is 0 Å². The fraction of sp³-hybridized carbons (Fsp3) is 0.615. The minimum Gasteiger partial charge on any atom is -0.493 e. The largest absolute Gasteiger partial charge is 0.493 e. The second-order valence-corrected chi connectivity index (χ2v) is 4.54. The number of rotatable bonds is 6. The molecule has 1 rings (SSSR count). The maximum atomic E-state index is 5.83. The highest BCUT2D eigenvalue weighted by Gasteiger charge is 2.24. The second kappa shape index (κ2) is 5.87. The van der Waals surface area contributed by atoms with E-state index < -0.39 is 0 Å². The third kappa shape index (κ3) is 3.09. The molecule has 4 heteroatoms. The van der Waals surface area contributed by atoms with Crippen molar-refractivity contribution in [1.82, 2.24) is 4.98 Å². The lowest BCUT2D eigenvalue weighted by atomic mass is 9.82. The van der Waals surface area contributed by atoms with Crippen molar-refractivity contribution in [1.29, 1.82) is 0 Å². The van der Waals surface area contributed by atoms with Gasteiger partial charge in [-0.1, -0.05) is 13.8 Å². The average molecular weight is 238 g/mol. The van der Waals surface area contributed by atoms with Gasteiger partial charge >= 0.3 is 0 Å². The summed E-state index contributed by atoms with van der Waals surface area (Å²) in [5, 5.41) is 0. The van der Waals surface area contributed by atoms with Gasteiger partial charge in [0.15, 0.2) is 11.5 Å². The van der Waals surface area contributed by atoms with Gasteiger partial charge in [0.05, 0.1) is 19.9 Å². The van der Waals surface area contributed by atoms with Gasteiger partial charge in [-0.2, -0.15) is 0 Å². The van der Waals surface area contributed by atoms with E-state index in [1.54, 1.807) is 26.5 Å². The molecule has 1 aromatic rings. The summed E-state index contributed by atoms with van der Waals surface area (Å²) in [6.07, 6.45) is 3.54. The number of methoxy groups -OCH3 is 2. The fourth-order valence-electron chi connectivity index (χ4n) is 1.72. The van der Waals surface area contributed by atoms with Crippen molar-refractivity contribution in [2.45, 2.75) is 26.7 Å². The van der Waals surface area contributed by atoms with Crippen LogP contribution < -0.4 is 15.2 Å². The van der Waals surface area contributed by atoms with Crippen molar-refractivity contribution < 1.29 is 9.47 Å². The van der Waals surface area contributed by atoms with Gasteiger partial charge in [-0.15, -0.1) is 0 Å². The molecule has 2 N–H and O–H groups in total.